The van der Waals surface area contributed by atoms with Gasteiger partial charge in [0.05, 0.1) is 23.0 Å². The Balaban J connectivity index is 1.69. The summed E-state index contributed by atoms with van der Waals surface area (Å²) in [4.78, 5) is 39.2. The van der Waals surface area contributed by atoms with Gasteiger partial charge in [-0.1, -0.05) is 30.3 Å². The summed E-state index contributed by atoms with van der Waals surface area (Å²) in [5, 5.41) is 7.08. The molecule has 1 aliphatic carbocycles. The predicted octanol–water partition coefficient (Wildman–Crippen LogP) is 4.53. The van der Waals surface area contributed by atoms with Crippen LogP contribution in [0.1, 0.15) is 37.3 Å². The van der Waals surface area contributed by atoms with Gasteiger partial charge < -0.3 is 4.74 Å². The van der Waals surface area contributed by atoms with Crippen molar-refractivity contribution in [2.24, 2.45) is 5.92 Å². The van der Waals surface area contributed by atoms with Gasteiger partial charge in [-0.3, -0.25) is 9.59 Å². The number of rotatable bonds is 3. The first-order valence-corrected chi connectivity index (χ1v) is 10.6. The van der Waals surface area contributed by atoms with E-state index < -0.39 is 23.5 Å². The third-order valence-corrected chi connectivity index (χ3v) is 5.88. The quantitative estimate of drug-likeness (QED) is 0.580. The molecule has 6 nitrogen and oxygen atoms in total. The van der Waals surface area contributed by atoms with Crippen LogP contribution in [-0.4, -0.2) is 33.0 Å². The summed E-state index contributed by atoms with van der Waals surface area (Å²) in [6.45, 7) is 5.36. The van der Waals surface area contributed by atoms with E-state index >= 15 is 0 Å². The van der Waals surface area contributed by atoms with E-state index in [1.165, 1.54) is 22.1 Å². The van der Waals surface area contributed by atoms with Crippen LogP contribution in [0.5, 0.6) is 0 Å². The lowest BCUT2D eigenvalue weighted by Crippen LogP contribution is -2.32. The Kier molecular flexibility index (Phi) is 5.15. The van der Waals surface area contributed by atoms with Gasteiger partial charge >= 0.3 is 6.09 Å². The first-order chi connectivity index (χ1) is 14.2. The fourth-order valence-corrected chi connectivity index (χ4v) is 4.40. The zero-order chi connectivity index (χ0) is 21.5. The Hall–Kier alpha value is -3.06. The van der Waals surface area contributed by atoms with Crippen molar-refractivity contribution in [3.05, 3.63) is 64.5 Å². The minimum atomic E-state index is -0.826. The number of hydrogen-bond donors (Lipinski definition) is 0. The van der Waals surface area contributed by atoms with Crippen LogP contribution in [0.25, 0.3) is 10.9 Å². The molecule has 0 saturated carbocycles. The van der Waals surface area contributed by atoms with Crippen molar-refractivity contribution in [2.75, 3.05) is 0 Å². The number of fused-ring (bicyclic) bond motifs is 1. The van der Waals surface area contributed by atoms with E-state index in [4.69, 9.17) is 4.74 Å². The van der Waals surface area contributed by atoms with Crippen molar-refractivity contribution in [3.8, 4) is 0 Å². The molecule has 1 aliphatic rings. The molecule has 2 unspecified atom stereocenters. The standard InChI is InChI=1S/C23H22N2O4S/c1-23(2,3)29-22(28)25-18-8-5-4-7-14(18)17(24-25)13-16-19(26)11-10-15(21(16)27)20-9-6-12-30-20/h4-12,15-16H,13H2,1-3H3. The summed E-state index contributed by atoms with van der Waals surface area (Å²) < 4.78 is 6.67. The Labute approximate surface area is 178 Å². The average molecular weight is 423 g/mol. The SMILES string of the molecule is CC(C)(C)OC(=O)n1nc(CC2C(=O)C=CC(c3cccs3)C2=O)c2ccccc21. The zero-order valence-corrected chi connectivity index (χ0v) is 17.8. The fourth-order valence-electron chi connectivity index (χ4n) is 3.58. The van der Waals surface area contributed by atoms with Crippen LogP contribution in [0, 0.1) is 5.92 Å². The van der Waals surface area contributed by atoms with Crippen LogP contribution >= 0.6 is 11.3 Å². The van der Waals surface area contributed by atoms with Gasteiger partial charge in [-0.25, -0.2) is 4.79 Å². The first kappa shape index (κ1) is 20.2. The lowest BCUT2D eigenvalue weighted by Gasteiger charge is -2.21. The van der Waals surface area contributed by atoms with Crippen molar-refractivity contribution >= 4 is 39.9 Å². The Morgan fingerprint density at radius 2 is 1.93 bits per heavy atom. The number of nitrogens with zero attached hydrogens (tertiary/aromatic N) is 2. The van der Waals surface area contributed by atoms with Crippen LogP contribution in [0.4, 0.5) is 4.79 Å². The lowest BCUT2D eigenvalue weighted by molar-refractivity contribution is -0.131. The molecule has 1 aromatic carbocycles. The maximum Gasteiger partial charge on any atom is 0.435 e. The molecule has 2 heterocycles. The van der Waals surface area contributed by atoms with Gasteiger partial charge in [0.2, 0.25) is 0 Å². The average Bonchev–Trinajstić information content (AvgIpc) is 3.32. The molecule has 0 aliphatic heterocycles. The normalized spacial score (nSPS) is 19.4. The molecule has 0 saturated heterocycles. The maximum atomic E-state index is 13.1. The van der Waals surface area contributed by atoms with Crippen molar-refractivity contribution in [1.29, 1.82) is 0 Å². The van der Waals surface area contributed by atoms with E-state index in [9.17, 15) is 14.4 Å². The summed E-state index contributed by atoms with van der Waals surface area (Å²) in [5.41, 5.74) is 0.449. The molecular weight excluding hydrogens is 400 g/mol. The number of aromatic nitrogens is 2. The molecule has 0 fully saturated rings. The van der Waals surface area contributed by atoms with Crippen molar-refractivity contribution < 1.29 is 19.1 Å². The van der Waals surface area contributed by atoms with Gasteiger partial charge in [-0.2, -0.15) is 9.78 Å². The molecule has 0 spiro atoms. The smallest absolute Gasteiger partial charge is 0.435 e. The zero-order valence-electron chi connectivity index (χ0n) is 17.0. The van der Waals surface area contributed by atoms with E-state index in [0.29, 0.717) is 11.2 Å². The summed E-state index contributed by atoms with van der Waals surface area (Å²) in [5.74, 6) is -1.62. The molecule has 4 rings (SSSR count). The van der Waals surface area contributed by atoms with Gasteiger partial charge in [0.15, 0.2) is 11.6 Å². The molecule has 154 valence electrons. The fraction of sp³-hybridized carbons (Fsp3) is 0.304. The van der Waals surface area contributed by atoms with Gasteiger partial charge in [0, 0.05) is 16.7 Å². The summed E-state index contributed by atoms with van der Waals surface area (Å²) >= 11 is 1.49. The molecule has 2 atom stereocenters. The number of benzene rings is 1. The number of hydrogen-bond acceptors (Lipinski definition) is 6. The third-order valence-electron chi connectivity index (χ3n) is 4.92. The number of ether oxygens (including phenoxy) is 1. The van der Waals surface area contributed by atoms with Crippen molar-refractivity contribution in [3.63, 3.8) is 0 Å². The lowest BCUT2D eigenvalue weighted by atomic mass is 9.81. The molecule has 7 heteroatoms. The van der Waals surface area contributed by atoms with Crippen molar-refractivity contribution in [2.45, 2.75) is 38.7 Å². The number of carbonyl (C=O) groups excluding carboxylic acids is 3. The second-order valence-corrected chi connectivity index (χ2v) is 9.25. The molecule has 0 radical (unpaired) electrons. The number of allylic oxidation sites excluding steroid dienone is 2. The molecule has 2 aromatic heterocycles. The molecule has 0 amide bonds. The minimum Gasteiger partial charge on any atom is -0.442 e. The van der Waals surface area contributed by atoms with E-state index in [1.807, 2.05) is 29.6 Å². The number of carbonyl (C=O) groups is 3. The molecular formula is C23H22N2O4S. The monoisotopic (exact) mass is 422 g/mol. The van der Waals surface area contributed by atoms with Gasteiger partial charge in [0.25, 0.3) is 0 Å². The Morgan fingerprint density at radius 3 is 2.63 bits per heavy atom. The minimum absolute atomic E-state index is 0.138. The third kappa shape index (κ3) is 3.85. The highest BCUT2D eigenvalue weighted by molar-refractivity contribution is 7.10. The second kappa shape index (κ2) is 7.65. The summed E-state index contributed by atoms with van der Waals surface area (Å²) in [6.07, 6.45) is 2.70. The van der Waals surface area contributed by atoms with E-state index in [2.05, 4.69) is 5.10 Å². The summed E-state index contributed by atoms with van der Waals surface area (Å²) in [6, 6.07) is 11.0. The first-order valence-electron chi connectivity index (χ1n) is 9.74. The van der Waals surface area contributed by atoms with Gasteiger partial charge in [0.1, 0.15) is 5.60 Å². The number of ketones is 2. The Morgan fingerprint density at radius 1 is 1.17 bits per heavy atom. The van der Waals surface area contributed by atoms with E-state index in [1.54, 1.807) is 39.0 Å². The Bertz CT molecular complexity index is 1150. The van der Waals surface area contributed by atoms with E-state index in [-0.39, 0.29) is 18.0 Å². The number of para-hydroxylation sites is 1. The largest absolute Gasteiger partial charge is 0.442 e. The summed E-state index contributed by atoms with van der Waals surface area (Å²) in [7, 11) is 0. The van der Waals surface area contributed by atoms with E-state index in [0.717, 1.165) is 10.3 Å². The van der Waals surface area contributed by atoms with Crippen LogP contribution < -0.4 is 0 Å². The van der Waals surface area contributed by atoms with Gasteiger partial charge in [-0.15, -0.1) is 11.3 Å². The highest BCUT2D eigenvalue weighted by Crippen LogP contribution is 2.32. The number of thiophene rings is 1. The second-order valence-electron chi connectivity index (χ2n) is 8.27. The molecule has 30 heavy (non-hydrogen) atoms. The van der Waals surface area contributed by atoms with Crippen LogP contribution in [0.15, 0.2) is 53.9 Å². The molecule has 0 N–H and O–H groups in total. The van der Waals surface area contributed by atoms with Gasteiger partial charge in [-0.05, 0) is 44.4 Å². The number of Topliss-reactive ketones (excluding diaryl/α,β-unsaturated/α-hetero) is 1. The van der Waals surface area contributed by atoms with Crippen LogP contribution in [-0.2, 0) is 20.7 Å². The van der Waals surface area contributed by atoms with Crippen molar-refractivity contribution in [1.82, 2.24) is 9.78 Å². The predicted molar refractivity (Wildman–Crippen MR) is 115 cm³/mol. The van der Waals surface area contributed by atoms with Crippen LogP contribution in [0.2, 0.25) is 0 Å². The maximum absolute atomic E-state index is 13.1. The molecule has 3 aromatic rings. The van der Waals surface area contributed by atoms with Crippen LogP contribution in [0.3, 0.4) is 0 Å². The highest BCUT2D eigenvalue weighted by Gasteiger charge is 2.36. The topological polar surface area (TPSA) is 78.3 Å². The molecule has 0 bridgehead atoms. The highest BCUT2D eigenvalue weighted by atomic mass is 32.1.